The van der Waals surface area contributed by atoms with Crippen molar-refractivity contribution in [1.82, 2.24) is 0 Å². The maximum Gasteiger partial charge on any atom is 0.0981 e. The van der Waals surface area contributed by atoms with Gasteiger partial charge in [0.05, 0.1) is 17.0 Å². The predicted octanol–water partition coefficient (Wildman–Crippen LogP) is 3.15. The van der Waals surface area contributed by atoms with Crippen LogP contribution in [-0.4, -0.2) is 5.04 Å². The number of nitrogens with one attached hydrogen (secondary N) is 1. The minimum atomic E-state index is -0.164. The lowest BCUT2D eigenvalue weighted by atomic mass is 9.78. The Morgan fingerprint density at radius 1 is 1.38 bits per heavy atom. The van der Waals surface area contributed by atoms with Crippen LogP contribution in [0.15, 0.2) is 24.3 Å². The standard InChI is InChI=1S/C13H12N2S/c14-7-11-10-6-5-8-3-1-2-4-9(8)12(10)16-13(11)15/h1-4,10-12,15H,5-6H2. The third-order valence-electron chi connectivity index (χ3n) is 3.60. The quantitative estimate of drug-likeness (QED) is 0.741. The molecule has 0 bridgehead atoms. The molecular weight excluding hydrogens is 216 g/mol. The molecule has 0 amide bonds. The summed E-state index contributed by atoms with van der Waals surface area (Å²) in [5, 5.41) is 17.9. The van der Waals surface area contributed by atoms with Crippen molar-refractivity contribution in [3.63, 3.8) is 0 Å². The molecule has 1 heterocycles. The summed E-state index contributed by atoms with van der Waals surface area (Å²) >= 11 is 1.59. The van der Waals surface area contributed by atoms with Crippen LogP contribution < -0.4 is 0 Å². The first-order valence-electron chi connectivity index (χ1n) is 5.54. The van der Waals surface area contributed by atoms with Crippen LogP contribution in [0.2, 0.25) is 0 Å². The number of nitrogens with zero attached hydrogens (tertiary/aromatic N) is 1. The van der Waals surface area contributed by atoms with E-state index in [9.17, 15) is 0 Å². The molecule has 80 valence electrons. The van der Waals surface area contributed by atoms with E-state index in [0.29, 0.717) is 16.2 Å². The van der Waals surface area contributed by atoms with E-state index in [0.717, 1.165) is 12.8 Å². The fraction of sp³-hybridized carbons (Fsp3) is 0.385. The second kappa shape index (κ2) is 3.64. The molecule has 1 aromatic carbocycles. The molecule has 1 saturated heterocycles. The summed E-state index contributed by atoms with van der Waals surface area (Å²) in [6.07, 6.45) is 2.11. The average molecular weight is 228 g/mol. The van der Waals surface area contributed by atoms with Gasteiger partial charge in [-0.05, 0) is 29.9 Å². The molecule has 3 heteroatoms. The fourth-order valence-electron chi connectivity index (χ4n) is 2.79. The van der Waals surface area contributed by atoms with Gasteiger partial charge < -0.3 is 0 Å². The topological polar surface area (TPSA) is 47.6 Å². The lowest BCUT2D eigenvalue weighted by Crippen LogP contribution is -2.20. The largest absolute Gasteiger partial charge is 0.297 e. The average Bonchev–Trinajstić information content (AvgIpc) is 2.65. The molecule has 1 N–H and O–H groups in total. The Morgan fingerprint density at radius 2 is 2.19 bits per heavy atom. The van der Waals surface area contributed by atoms with E-state index in [-0.39, 0.29) is 5.92 Å². The Kier molecular flexibility index (Phi) is 2.26. The Hall–Kier alpha value is -1.27. The van der Waals surface area contributed by atoms with Crippen molar-refractivity contribution in [1.29, 1.82) is 10.7 Å². The van der Waals surface area contributed by atoms with Crippen LogP contribution in [0, 0.1) is 28.6 Å². The normalized spacial score (nSPS) is 31.7. The summed E-state index contributed by atoms with van der Waals surface area (Å²) in [4.78, 5) is 0. The summed E-state index contributed by atoms with van der Waals surface area (Å²) in [5.41, 5.74) is 2.76. The number of hydrogen-bond donors (Lipinski definition) is 1. The number of fused-ring (bicyclic) bond motifs is 3. The number of nitriles is 1. The predicted molar refractivity (Wildman–Crippen MR) is 65.4 cm³/mol. The molecule has 2 aliphatic rings. The van der Waals surface area contributed by atoms with Crippen LogP contribution in [-0.2, 0) is 6.42 Å². The van der Waals surface area contributed by atoms with Gasteiger partial charge in [-0.25, -0.2) is 0 Å². The molecule has 1 aliphatic heterocycles. The highest BCUT2D eigenvalue weighted by Gasteiger charge is 2.44. The number of thioether (sulfide) groups is 1. The highest BCUT2D eigenvalue weighted by atomic mass is 32.2. The zero-order valence-corrected chi connectivity index (χ0v) is 9.63. The minimum absolute atomic E-state index is 0.164. The lowest BCUT2D eigenvalue weighted by Gasteiger charge is -2.27. The number of rotatable bonds is 0. The van der Waals surface area contributed by atoms with Gasteiger partial charge in [-0.2, -0.15) is 5.26 Å². The maximum absolute atomic E-state index is 9.12. The molecule has 1 aromatic rings. The summed E-state index contributed by atoms with van der Waals surface area (Å²) in [6.45, 7) is 0. The van der Waals surface area contributed by atoms with Crippen LogP contribution in [0.5, 0.6) is 0 Å². The maximum atomic E-state index is 9.12. The Bertz CT molecular complexity index is 489. The monoisotopic (exact) mass is 228 g/mol. The third-order valence-corrected chi connectivity index (χ3v) is 4.97. The van der Waals surface area contributed by atoms with Crippen LogP contribution >= 0.6 is 11.8 Å². The van der Waals surface area contributed by atoms with Crippen molar-refractivity contribution in [2.45, 2.75) is 18.1 Å². The zero-order valence-electron chi connectivity index (χ0n) is 8.81. The second-order valence-electron chi connectivity index (χ2n) is 4.41. The highest BCUT2D eigenvalue weighted by molar-refractivity contribution is 8.14. The van der Waals surface area contributed by atoms with E-state index in [1.165, 1.54) is 11.1 Å². The van der Waals surface area contributed by atoms with Crippen molar-refractivity contribution in [3.05, 3.63) is 35.4 Å². The van der Waals surface area contributed by atoms with Gasteiger partial charge in [-0.1, -0.05) is 24.3 Å². The van der Waals surface area contributed by atoms with Crippen LogP contribution in [0.3, 0.4) is 0 Å². The van der Waals surface area contributed by atoms with Gasteiger partial charge in [-0.15, -0.1) is 11.8 Å². The Morgan fingerprint density at radius 3 is 3.00 bits per heavy atom. The fourth-order valence-corrected chi connectivity index (χ4v) is 4.27. The van der Waals surface area contributed by atoms with E-state index in [1.807, 2.05) is 0 Å². The Balaban J connectivity index is 2.05. The smallest absolute Gasteiger partial charge is 0.0981 e. The summed E-state index contributed by atoms with van der Waals surface area (Å²) in [6, 6.07) is 10.8. The molecule has 3 unspecified atom stereocenters. The summed E-state index contributed by atoms with van der Waals surface area (Å²) in [5.74, 6) is 0.195. The SMILES string of the molecule is N#CC1C(=N)SC2c3ccccc3CCC12. The summed E-state index contributed by atoms with van der Waals surface area (Å²) in [7, 11) is 0. The van der Waals surface area contributed by atoms with E-state index >= 15 is 0 Å². The van der Waals surface area contributed by atoms with Crippen molar-refractivity contribution < 1.29 is 0 Å². The van der Waals surface area contributed by atoms with Gasteiger partial charge in [0, 0.05) is 5.25 Å². The van der Waals surface area contributed by atoms with E-state index in [4.69, 9.17) is 10.7 Å². The molecule has 0 saturated carbocycles. The molecule has 1 fully saturated rings. The van der Waals surface area contributed by atoms with Crippen LogP contribution in [0.4, 0.5) is 0 Å². The minimum Gasteiger partial charge on any atom is -0.297 e. The van der Waals surface area contributed by atoms with Gasteiger partial charge in [0.1, 0.15) is 0 Å². The number of benzene rings is 1. The first-order valence-corrected chi connectivity index (χ1v) is 6.41. The second-order valence-corrected chi connectivity index (χ2v) is 5.59. The van der Waals surface area contributed by atoms with Crippen molar-refractivity contribution >= 4 is 16.8 Å². The first-order chi connectivity index (χ1) is 7.81. The number of aryl methyl sites for hydroxylation is 1. The summed E-state index contributed by atoms with van der Waals surface area (Å²) < 4.78 is 0. The van der Waals surface area contributed by atoms with Crippen molar-refractivity contribution in [2.24, 2.45) is 11.8 Å². The van der Waals surface area contributed by atoms with Gasteiger partial charge >= 0.3 is 0 Å². The van der Waals surface area contributed by atoms with Crippen LogP contribution in [0.1, 0.15) is 22.8 Å². The lowest BCUT2D eigenvalue weighted by molar-refractivity contribution is 0.426. The van der Waals surface area contributed by atoms with Gasteiger partial charge in [0.25, 0.3) is 0 Å². The highest BCUT2D eigenvalue weighted by Crippen LogP contribution is 2.53. The molecule has 0 spiro atoms. The van der Waals surface area contributed by atoms with Crippen LogP contribution in [0.25, 0.3) is 0 Å². The van der Waals surface area contributed by atoms with Gasteiger partial charge in [0.15, 0.2) is 0 Å². The molecule has 3 rings (SSSR count). The molecule has 16 heavy (non-hydrogen) atoms. The molecule has 2 nitrogen and oxygen atoms in total. The molecule has 0 aromatic heterocycles. The third kappa shape index (κ3) is 1.30. The van der Waals surface area contributed by atoms with E-state index < -0.39 is 0 Å². The van der Waals surface area contributed by atoms with E-state index in [2.05, 4.69) is 30.3 Å². The molecule has 0 radical (unpaired) electrons. The van der Waals surface area contributed by atoms with Gasteiger partial charge in [0.2, 0.25) is 0 Å². The number of hydrogen-bond acceptors (Lipinski definition) is 3. The Labute approximate surface area is 99.2 Å². The first kappa shape index (κ1) is 9.92. The molecule has 3 atom stereocenters. The van der Waals surface area contributed by atoms with E-state index in [1.54, 1.807) is 11.8 Å². The van der Waals surface area contributed by atoms with Gasteiger partial charge in [-0.3, -0.25) is 5.41 Å². The molecular formula is C13H12N2S. The molecule has 1 aliphatic carbocycles. The zero-order chi connectivity index (χ0) is 11.1. The van der Waals surface area contributed by atoms with Crippen molar-refractivity contribution in [3.8, 4) is 6.07 Å². The van der Waals surface area contributed by atoms with Crippen molar-refractivity contribution in [2.75, 3.05) is 0 Å².